The standard InChI is InChI=1S/C23H22N2O3/c1-2-16-24-22(26)17-12-14-18(15-13-17)23(27)25-20-10-6-7-11-21(20)28-19-8-4-3-5-9-19/h3-15H,2,16H2,1H3,(H,24,26)(H,25,27). The lowest BCUT2D eigenvalue weighted by atomic mass is 10.1. The van der Waals surface area contributed by atoms with E-state index in [1.165, 1.54) is 0 Å². The number of amides is 2. The highest BCUT2D eigenvalue weighted by Crippen LogP contribution is 2.29. The summed E-state index contributed by atoms with van der Waals surface area (Å²) in [5, 5.41) is 5.68. The van der Waals surface area contributed by atoms with Gasteiger partial charge in [-0.3, -0.25) is 9.59 Å². The third-order valence-corrected chi connectivity index (χ3v) is 4.05. The van der Waals surface area contributed by atoms with Crippen LogP contribution < -0.4 is 15.4 Å². The lowest BCUT2D eigenvalue weighted by Gasteiger charge is -2.12. The summed E-state index contributed by atoms with van der Waals surface area (Å²) in [5.41, 5.74) is 1.56. The van der Waals surface area contributed by atoms with Gasteiger partial charge in [0.25, 0.3) is 11.8 Å². The summed E-state index contributed by atoms with van der Waals surface area (Å²) in [5.74, 6) is 0.823. The second kappa shape index (κ2) is 9.37. The predicted molar refractivity (Wildman–Crippen MR) is 110 cm³/mol. The van der Waals surface area contributed by atoms with Crippen molar-refractivity contribution in [1.29, 1.82) is 0 Å². The number of hydrogen-bond acceptors (Lipinski definition) is 3. The molecule has 0 aliphatic rings. The van der Waals surface area contributed by atoms with Crippen molar-refractivity contribution in [3.63, 3.8) is 0 Å². The molecule has 2 amide bonds. The molecule has 0 aliphatic carbocycles. The lowest BCUT2D eigenvalue weighted by molar-refractivity contribution is 0.0951. The van der Waals surface area contributed by atoms with Crippen LogP contribution in [0.5, 0.6) is 11.5 Å². The number of carbonyl (C=O) groups excluding carboxylic acids is 2. The van der Waals surface area contributed by atoms with Gasteiger partial charge >= 0.3 is 0 Å². The normalized spacial score (nSPS) is 10.2. The predicted octanol–water partition coefficient (Wildman–Crippen LogP) is 4.87. The van der Waals surface area contributed by atoms with Crippen molar-refractivity contribution in [3.8, 4) is 11.5 Å². The minimum atomic E-state index is -0.273. The van der Waals surface area contributed by atoms with Crippen molar-refractivity contribution in [3.05, 3.63) is 90.0 Å². The van der Waals surface area contributed by atoms with Gasteiger partial charge in [0.15, 0.2) is 5.75 Å². The van der Waals surface area contributed by atoms with Gasteiger partial charge in [0, 0.05) is 17.7 Å². The number of nitrogens with one attached hydrogen (secondary N) is 2. The summed E-state index contributed by atoms with van der Waals surface area (Å²) in [6.07, 6.45) is 0.872. The van der Waals surface area contributed by atoms with Crippen molar-refractivity contribution in [2.75, 3.05) is 11.9 Å². The van der Waals surface area contributed by atoms with E-state index < -0.39 is 0 Å². The van der Waals surface area contributed by atoms with Gasteiger partial charge in [0.1, 0.15) is 5.75 Å². The molecule has 0 unspecified atom stereocenters. The smallest absolute Gasteiger partial charge is 0.255 e. The Morgan fingerprint density at radius 1 is 0.786 bits per heavy atom. The van der Waals surface area contributed by atoms with Crippen LogP contribution in [0.4, 0.5) is 5.69 Å². The molecule has 3 rings (SSSR count). The highest BCUT2D eigenvalue weighted by atomic mass is 16.5. The number of ether oxygens (including phenoxy) is 1. The Labute approximate surface area is 164 Å². The first-order valence-electron chi connectivity index (χ1n) is 9.19. The number of para-hydroxylation sites is 3. The Morgan fingerprint density at radius 3 is 2.07 bits per heavy atom. The summed E-state index contributed by atoms with van der Waals surface area (Å²) in [7, 11) is 0. The van der Waals surface area contributed by atoms with Crippen LogP contribution in [0.2, 0.25) is 0 Å². The molecule has 142 valence electrons. The zero-order chi connectivity index (χ0) is 19.8. The molecular formula is C23H22N2O3. The summed E-state index contributed by atoms with van der Waals surface area (Å²) in [6, 6.07) is 23.2. The molecular weight excluding hydrogens is 352 g/mol. The highest BCUT2D eigenvalue weighted by molar-refractivity contribution is 6.05. The summed E-state index contributed by atoms with van der Waals surface area (Å²) >= 11 is 0. The molecule has 5 heteroatoms. The fourth-order valence-electron chi connectivity index (χ4n) is 2.58. The Bertz CT molecular complexity index is 938. The van der Waals surface area contributed by atoms with Gasteiger partial charge in [0.2, 0.25) is 0 Å². The van der Waals surface area contributed by atoms with Gasteiger partial charge in [0.05, 0.1) is 5.69 Å². The molecule has 3 aromatic rings. The van der Waals surface area contributed by atoms with Crippen LogP contribution in [0.3, 0.4) is 0 Å². The third-order valence-electron chi connectivity index (χ3n) is 4.05. The van der Waals surface area contributed by atoms with Gasteiger partial charge in [-0.1, -0.05) is 37.3 Å². The van der Waals surface area contributed by atoms with Crippen LogP contribution in [-0.2, 0) is 0 Å². The third kappa shape index (κ3) is 4.98. The van der Waals surface area contributed by atoms with Crippen LogP contribution in [0, 0.1) is 0 Å². The number of benzene rings is 3. The summed E-state index contributed by atoms with van der Waals surface area (Å²) in [6.45, 7) is 2.62. The molecule has 2 N–H and O–H groups in total. The van der Waals surface area contributed by atoms with Gasteiger partial charge in [-0.15, -0.1) is 0 Å². The molecule has 5 nitrogen and oxygen atoms in total. The molecule has 0 atom stereocenters. The quantitative estimate of drug-likeness (QED) is 0.620. The van der Waals surface area contributed by atoms with E-state index in [0.29, 0.717) is 34.9 Å². The number of hydrogen-bond donors (Lipinski definition) is 2. The average molecular weight is 374 g/mol. The van der Waals surface area contributed by atoms with Crippen molar-refractivity contribution >= 4 is 17.5 Å². The average Bonchev–Trinajstić information content (AvgIpc) is 2.74. The van der Waals surface area contributed by atoms with E-state index >= 15 is 0 Å². The van der Waals surface area contributed by atoms with E-state index in [-0.39, 0.29) is 11.8 Å². The van der Waals surface area contributed by atoms with Crippen LogP contribution in [0.25, 0.3) is 0 Å². The van der Waals surface area contributed by atoms with E-state index in [1.54, 1.807) is 36.4 Å². The highest BCUT2D eigenvalue weighted by Gasteiger charge is 2.12. The second-order valence-corrected chi connectivity index (χ2v) is 6.20. The largest absolute Gasteiger partial charge is 0.455 e. The molecule has 0 radical (unpaired) electrons. The summed E-state index contributed by atoms with van der Waals surface area (Å²) < 4.78 is 5.87. The molecule has 0 heterocycles. The maximum atomic E-state index is 12.6. The zero-order valence-corrected chi connectivity index (χ0v) is 15.6. The van der Waals surface area contributed by atoms with E-state index in [4.69, 9.17) is 4.74 Å². The molecule has 3 aromatic carbocycles. The van der Waals surface area contributed by atoms with E-state index in [0.717, 1.165) is 6.42 Å². The lowest BCUT2D eigenvalue weighted by Crippen LogP contribution is -2.24. The Morgan fingerprint density at radius 2 is 1.39 bits per heavy atom. The molecule has 0 bridgehead atoms. The van der Waals surface area contributed by atoms with Crippen LogP contribution in [-0.4, -0.2) is 18.4 Å². The topological polar surface area (TPSA) is 67.4 Å². The fourth-order valence-corrected chi connectivity index (χ4v) is 2.58. The van der Waals surface area contributed by atoms with Crippen molar-refractivity contribution < 1.29 is 14.3 Å². The van der Waals surface area contributed by atoms with Crippen molar-refractivity contribution in [2.24, 2.45) is 0 Å². The van der Waals surface area contributed by atoms with Crippen LogP contribution in [0.1, 0.15) is 34.1 Å². The molecule has 0 saturated heterocycles. The van der Waals surface area contributed by atoms with E-state index in [2.05, 4.69) is 10.6 Å². The number of anilines is 1. The first-order valence-corrected chi connectivity index (χ1v) is 9.19. The monoisotopic (exact) mass is 374 g/mol. The second-order valence-electron chi connectivity index (χ2n) is 6.20. The van der Waals surface area contributed by atoms with Crippen LogP contribution in [0.15, 0.2) is 78.9 Å². The Balaban J connectivity index is 1.70. The Hall–Kier alpha value is -3.60. The first-order chi connectivity index (χ1) is 13.7. The van der Waals surface area contributed by atoms with Gasteiger partial charge in [-0.05, 0) is 55.0 Å². The molecule has 0 spiro atoms. The maximum absolute atomic E-state index is 12.6. The SMILES string of the molecule is CCCNC(=O)c1ccc(C(=O)Nc2ccccc2Oc2ccccc2)cc1. The molecule has 0 saturated carbocycles. The molecule has 0 fully saturated rings. The summed E-state index contributed by atoms with van der Waals surface area (Å²) in [4.78, 5) is 24.6. The first kappa shape index (κ1) is 19.2. The maximum Gasteiger partial charge on any atom is 0.255 e. The fraction of sp³-hybridized carbons (Fsp3) is 0.130. The Kier molecular flexibility index (Phi) is 6.41. The van der Waals surface area contributed by atoms with Crippen molar-refractivity contribution in [1.82, 2.24) is 5.32 Å². The van der Waals surface area contributed by atoms with Gasteiger partial charge in [-0.25, -0.2) is 0 Å². The van der Waals surface area contributed by atoms with Gasteiger partial charge < -0.3 is 15.4 Å². The molecule has 28 heavy (non-hydrogen) atoms. The van der Waals surface area contributed by atoms with E-state index in [1.807, 2.05) is 49.4 Å². The minimum Gasteiger partial charge on any atom is -0.455 e. The minimum absolute atomic E-state index is 0.143. The van der Waals surface area contributed by atoms with Crippen LogP contribution >= 0.6 is 0 Å². The van der Waals surface area contributed by atoms with Gasteiger partial charge in [-0.2, -0.15) is 0 Å². The molecule has 0 aliphatic heterocycles. The molecule has 0 aromatic heterocycles. The van der Waals surface area contributed by atoms with Crippen molar-refractivity contribution in [2.45, 2.75) is 13.3 Å². The number of carbonyl (C=O) groups is 2. The van der Waals surface area contributed by atoms with E-state index in [9.17, 15) is 9.59 Å². The number of rotatable bonds is 7. The zero-order valence-electron chi connectivity index (χ0n) is 15.6.